The molecular formula is C26H31N3O4. The normalized spacial score (nSPS) is 13.7. The molecule has 0 bridgehead atoms. The summed E-state index contributed by atoms with van der Waals surface area (Å²) in [6.45, 7) is 5.04. The summed E-state index contributed by atoms with van der Waals surface area (Å²) in [5, 5.41) is 10.4. The van der Waals surface area contributed by atoms with Gasteiger partial charge in [0.15, 0.2) is 11.5 Å². The quantitative estimate of drug-likeness (QED) is 0.434. The minimum absolute atomic E-state index is 0.211. The largest absolute Gasteiger partial charge is 0.493 e. The molecule has 0 saturated heterocycles. The third kappa shape index (κ3) is 5.66. The summed E-state index contributed by atoms with van der Waals surface area (Å²) in [6, 6.07) is 12.9. The van der Waals surface area contributed by atoms with E-state index in [2.05, 4.69) is 15.8 Å². The summed E-state index contributed by atoms with van der Waals surface area (Å²) < 4.78 is 16.5. The SMILES string of the molecule is COc1cc(C(=O)Nc2ccc(NCC3CCCC3)cc2)ccc1OCc1c(C)noc1C. The monoisotopic (exact) mass is 449 g/mol. The number of aryl methyl sites for hydroxylation is 2. The number of benzene rings is 2. The number of hydrogen-bond acceptors (Lipinski definition) is 6. The van der Waals surface area contributed by atoms with Gasteiger partial charge in [-0.1, -0.05) is 18.0 Å². The van der Waals surface area contributed by atoms with Crippen LogP contribution < -0.4 is 20.1 Å². The molecule has 1 aliphatic carbocycles. The molecule has 7 nitrogen and oxygen atoms in total. The molecule has 7 heteroatoms. The molecule has 1 heterocycles. The van der Waals surface area contributed by atoms with E-state index >= 15 is 0 Å². The maximum Gasteiger partial charge on any atom is 0.255 e. The molecule has 1 aromatic heterocycles. The molecule has 2 aromatic carbocycles. The Hall–Kier alpha value is -3.48. The number of aromatic nitrogens is 1. The van der Waals surface area contributed by atoms with Crippen LogP contribution in [0.25, 0.3) is 0 Å². The lowest BCUT2D eigenvalue weighted by molar-refractivity contribution is 0.102. The highest BCUT2D eigenvalue weighted by Gasteiger charge is 2.16. The zero-order valence-corrected chi connectivity index (χ0v) is 19.4. The van der Waals surface area contributed by atoms with E-state index in [1.165, 1.54) is 25.7 Å². The molecule has 0 radical (unpaired) electrons. The summed E-state index contributed by atoms with van der Waals surface area (Å²) >= 11 is 0. The molecule has 2 N–H and O–H groups in total. The van der Waals surface area contributed by atoms with Crippen LogP contribution in [0.3, 0.4) is 0 Å². The number of nitrogens with zero attached hydrogens (tertiary/aromatic N) is 1. The van der Waals surface area contributed by atoms with E-state index in [4.69, 9.17) is 14.0 Å². The fourth-order valence-corrected chi connectivity index (χ4v) is 4.14. The van der Waals surface area contributed by atoms with Crippen LogP contribution in [-0.2, 0) is 6.61 Å². The molecule has 0 unspecified atom stereocenters. The van der Waals surface area contributed by atoms with Crippen LogP contribution in [0.5, 0.6) is 11.5 Å². The summed E-state index contributed by atoms with van der Waals surface area (Å²) in [5.74, 6) is 2.32. The third-order valence-corrected chi connectivity index (χ3v) is 6.19. The minimum Gasteiger partial charge on any atom is -0.493 e. The molecule has 4 rings (SSSR count). The van der Waals surface area contributed by atoms with Crippen molar-refractivity contribution in [3.63, 3.8) is 0 Å². The van der Waals surface area contributed by atoms with E-state index in [1.54, 1.807) is 25.3 Å². The molecular weight excluding hydrogens is 418 g/mol. The zero-order valence-electron chi connectivity index (χ0n) is 19.4. The first-order valence-corrected chi connectivity index (χ1v) is 11.4. The first-order chi connectivity index (χ1) is 16.0. The van der Waals surface area contributed by atoms with E-state index in [0.29, 0.717) is 23.7 Å². The van der Waals surface area contributed by atoms with Crippen LogP contribution in [0.4, 0.5) is 11.4 Å². The van der Waals surface area contributed by atoms with Crippen molar-refractivity contribution >= 4 is 17.3 Å². The van der Waals surface area contributed by atoms with Crippen molar-refractivity contribution in [1.29, 1.82) is 0 Å². The average molecular weight is 450 g/mol. The molecule has 1 amide bonds. The van der Waals surface area contributed by atoms with Gasteiger partial charge < -0.3 is 24.6 Å². The topological polar surface area (TPSA) is 85.6 Å². The van der Waals surface area contributed by atoms with E-state index in [-0.39, 0.29) is 5.91 Å². The maximum absolute atomic E-state index is 12.8. The molecule has 33 heavy (non-hydrogen) atoms. The molecule has 3 aromatic rings. The molecule has 0 spiro atoms. The molecule has 0 atom stereocenters. The van der Waals surface area contributed by atoms with E-state index < -0.39 is 0 Å². The third-order valence-electron chi connectivity index (χ3n) is 6.19. The standard InChI is InChI=1S/C26H31N3O4/c1-17-23(18(2)33-29-17)16-32-24-13-8-20(14-25(24)31-3)26(30)28-22-11-9-21(10-12-22)27-15-19-6-4-5-7-19/h8-14,19,27H,4-7,15-16H2,1-3H3,(H,28,30). The number of hydrogen-bond donors (Lipinski definition) is 2. The van der Waals surface area contributed by atoms with Gasteiger partial charge in [0.1, 0.15) is 12.4 Å². The summed E-state index contributed by atoms with van der Waals surface area (Å²) in [5.41, 5.74) is 3.99. The Kier molecular flexibility index (Phi) is 7.17. The number of ether oxygens (including phenoxy) is 2. The highest BCUT2D eigenvalue weighted by molar-refractivity contribution is 6.04. The molecule has 1 aliphatic rings. The van der Waals surface area contributed by atoms with E-state index in [0.717, 1.165) is 40.9 Å². The van der Waals surface area contributed by atoms with Crippen molar-refractivity contribution in [2.75, 3.05) is 24.3 Å². The highest BCUT2D eigenvalue weighted by Crippen LogP contribution is 2.30. The van der Waals surface area contributed by atoms with Crippen molar-refractivity contribution in [3.8, 4) is 11.5 Å². The second-order valence-electron chi connectivity index (χ2n) is 8.52. The van der Waals surface area contributed by atoms with Gasteiger partial charge in [-0.25, -0.2) is 0 Å². The highest BCUT2D eigenvalue weighted by atomic mass is 16.5. The molecule has 174 valence electrons. The lowest BCUT2D eigenvalue weighted by Crippen LogP contribution is -2.13. The van der Waals surface area contributed by atoms with Crippen LogP contribution in [0, 0.1) is 19.8 Å². The van der Waals surface area contributed by atoms with Gasteiger partial charge in [-0.05, 0) is 75.1 Å². The Balaban J connectivity index is 1.35. The Bertz CT molecular complexity index is 1070. The number of anilines is 2. The Morgan fingerprint density at radius 3 is 2.45 bits per heavy atom. The number of amides is 1. The van der Waals surface area contributed by atoms with E-state index in [9.17, 15) is 4.79 Å². The van der Waals surface area contributed by atoms with Gasteiger partial charge in [0.2, 0.25) is 0 Å². The first-order valence-electron chi connectivity index (χ1n) is 11.4. The van der Waals surface area contributed by atoms with Crippen molar-refractivity contribution < 1.29 is 18.8 Å². The first kappa shape index (κ1) is 22.7. The summed E-state index contributed by atoms with van der Waals surface area (Å²) in [4.78, 5) is 12.8. The smallest absolute Gasteiger partial charge is 0.255 e. The Morgan fingerprint density at radius 1 is 1.06 bits per heavy atom. The fraction of sp³-hybridized carbons (Fsp3) is 0.385. The van der Waals surface area contributed by atoms with Crippen LogP contribution in [0.1, 0.15) is 53.1 Å². The minimum atomic E-state index is -0.211. The van der Waals surface area contributed by atoms with Crippen LogP contribution >= 0.6 is 0 Å². The fourth-order valence-electron chi connectivity index (χ4n) is 4.14. The van der Waals surface area contributed by atoms with Crippen molar-refractivity contribution in [3.05, 3.63) is 65.0 Å². The second-order valence-corrected chi connectivity index (χ2v) is 8.52. The Morgan fingerprint density at radius 2 is 1.79 bits per heavy atom. The number of nitrogens with one attached hydrogen (secondary N) is 2. The van der Waals surface area contributed by atoms with Gasteiger partial charge in [0.25, 0.3) is 5.91 Å². The van der Waals surface area contributed by atoms with Crippen molar-refractivity contribution in [2.45, 2.75) is 46.1 Å². The predicted octanol–water partition coefficient (Wildman–Crippen LogP) is 5.73. The summed E-state index contributed by atoms with van der Waals surface area (Å²) in [6.07, 6.45) is 5.31. The second kappa shape index (κ2) is 10.4. The van der Waals surface area contributed by atoms with E-state index in [1.807, 2.05) is 38.1 Å². The van der Waals surface area contributed by atoms with Crippen molar-refractivity contribution in [2.24, 2.45) is 5.92 Å². The van der Waals surface area contributed by atoms with Crippen LogP contribution in [-0.4, -0.2) is 24.7 Å². The molecule has 1 fully saturated rings. The number of carbonyl (C=O) groups is 1. The van der Waals surface area contributed by atoms with Gasteiger partial charge in [-0.15, -0.1) is 0 Å². The predicted molar refractivity (Wildman–Crippen MR) is 128 cm³/mol. The van der Waals surface area contributed by atoms with Crippen LogP contribution in [0.2, 0.25) is 0 Å². The van der Waals surface area contributed by atoms with Gasteiger partial charge in [-0.2, -0.15) is 0 Å². The Labute approximate surface area is 194 Å². The van der Waals surface area contributed by atoms with Gasteiger partial charge in [0, 0.05) is 23.5 Å². The summed E-state index contributed by atoms with van der Waals surface area (Å²) in [7, 11) is 1.55. The molecule has 0 aliphatic heterocycles. The average Bonchev–Trinajstić information content (AvgIpc) is 3.47. The lowest BCUT2D eigenvalue weighted by Gasteiger charge is -2.13. The zero-order chi connectivity index (χ0) is 23.2. The lowest BCUT2D eigenvalue weighted by atomic mass is 10.1. The van der Waals surface area contributed by atoms with Gasteiger partial charge >= 0.3 is 0 Å². The van der Waals surface area contributed by atoms with Crippen LogP contribution in [0.15, 0.2) is 47.0 Å². The number of carbonyl (C=O) groups excluding carboxylic acids is 1. The number of methoxy groups -OCH3 is 1. The molecule has 1 saturated carbocycles. The van der Waals surface area contributed by atoms with Gasteiger partial charge in [0.05, 0.1) is 18.4 Å². The van der Waals surface area contributed by atoms with Crippen molar-refractivity contribution in [1.82, 2.24) is 5.16 Å². The van der Waals surface area contributed by atoms with Gasteiger partial charge in [-0.3, -0.25) is 4.79 Å². The number of rotatable bonds is 9. The maximum atomic E-state index is 12.8.